The molecule has 0 spiro atoms. The smallest absolute Gasteiger partial charge is 0.231 e. The number of likely N-dealkylation sites (tertiary alicyclic amines) is 1. The average molecular weight is 297 g/mol. The zero-order valence-electron chi connectivity index (χ0n) is 12.7. The van der Waals surface area contributed by atoms with Crippen LogP contribution in [-0.4, -0.2) is 56.1 Å². The van der Waals surface area contributed by atoms with Crippen LogP contribution in [0.4, 0.5) is 0 Å². The van der Waals surface area contributed by atoms with Crippen LogP contribution in [0.25, 0.3) is 0 Å². The van der Waals surface area contributed by atoms with Gasteiger partial charge in [0.05, 0.1) is 6.54 Å². The van der Waals surface area contributed by atoms with Crippen LogP contribution < -0.4 is 11.1 Å². The van der Waals surface area contributed by atoms with Gasteiger partial charge in [0, 0.05) is 25.7 Å². The summed E-state index contributed by atoms with van der Waals surface area (Å²) in [6, 6.07) is 0. The lowest BCUT2D eigenvalue weighted by atomic mass is 9.95. The van der Waals surface area contributed by atoms with E-state index in [1.165, 1.54) is 6.42 Å². The Morgan fingerprint density at radius 2 is 2.00 bits per heavy atom. The third kappa shape index (κ3) is 5.63. The van der Waals surface area contributed by atoms with Gasteiger partial charge in [-0.05, 0) is 51.1 Å². The number of carbonyl (C=O) groups excluding carboxylic acids is 2. The highest BCUT2D eigenvalue weighted by Crippen LogP contribution is 2.18. The maximum atomic E-state index is 12.1. The van der Waals surface area contributed by atoms with Gasteiger partial charge in [-0.2, -0.15) is 0 Å². The first-order valence-electron chi connectivity index (χ1n) is 8.01. The van der Waals surface area contributed by atoms with E-state index in [0.29, 0.717) is 12.5 Å². The standard InChI is InChI=1S/C15H27N3O3/c16-14(19)10-18-7-4-13(5-8-18)15(20)17-6-3-12-2-1-9-21-11-12/h12-13H,1-11H2,(H2,16,19)(H,17,20)/t12-/m1/s1. The van der Waals surface area contributed by atoms with Crippen molar-refractivity contribution in [3.63, 3.8) is 0 Å². The summed E-state index contributed by atoms with van der Waals surface area (Å²) in [7, 11) is 0. The summed E-state index contributed by atoms with van der Waals surface area (Å²) in [5.74, 6) is 0.534. The largest absolute Gasteiger partial charge is 0.381 e. The molecule has 21 heavy (non-hydrogen) atoms. The minimum absolute atomic E-state index is 0.0803. The van der Waals surface area contributed by atoms with Crippen LogP contribution in [0.3, 0.4) is 0 Å². The van der Waals surface area contributed by atoms with Crippen molar-refractivity contribution in [3.8, 4) is 0 Å². The Morgan fingerprint density at radius 1 is 1.24 bits per heavy atom. The molecule has 3 N–H and O–H groups in total. The summed E-state index contributed by atoms with van der Waals surface area (Å²) < 4.78 is 5.44. The SMILES string of the molecule is NC(=O)CN1CCC(C(=O)NCC[C@H]2CCCOC2)CC1. The van der Waals surface area contributed by atoms with Crippen LogP contribution in [0, 0.1) is 11.8 Å². The Morgan fingerprint density at radius 3 is 2.62 bits per heavy atom. The molecule has 2 aliphatic heterocycles. The van der Waals surface area contributed by atoms with Crippen LogP contribution in [0.2, 0.25) is 0 Å². The lowest BCUT2D eigenvalue weighted by Gasteiger charge is -2.30. The molecule has 2 aliphatic rings. The Hall–Kier alpha value is -1.14. The lowest BCUT2D eigenvalue weighted by molar-refractivity contribution is -0.126. The minimum Gasteiger partial charge on any atom is -0.381 e. The number of primary amides is 1. The van der Waals surface area contributed by atoms with Crippen molar-refractivity contribution < 1.29 is 14.3 Å². The first kappa shape index (κ1) is 16.2. The first-order valence-corrected chi connectivity index (χ1v) is 8.01. The van der Waals surface area contributed by atoms with Crippen LogP contribution in [-0.2, 0) is 14.3 Å². The molecule has 2 amide bonds. The number of nitrogens with one attached hydrogen (secondary N) is 1. The number of hydrogen-bond donors (Lipinski definition) is 2. The van der Waals surface area contributed by atoms with Gasteiger partial charge >= 0.3 is 0 Å². The molecule has 2 heterocycles. The molecule has 0 bridgehead atoms. The molecule has 2 rings (SSSR count). The summed E-state index contributed by atoms with van der Waals surface area (Å²) >= 11 is 0. The van der Waals surface area contributed by atoms with Gasteiger partial charge in [-0.15, -0.1) is 0 Å². The normalized spacial score (nSPS) is 24.7. The number of ether oxygens (including phenoxy) is 1. The van der Waals surface area contributed by atoms with Gasteiger partial charge in [-0.3, -0.25) is 14.5 Å². The van der Waals surface area contributed by atoms with Crippen molar-refractivity contribution >= 4 is 11.8 Å². The fourth-order valence-electron chi connectivity index (χ4n) is 3.15. The lowest BCUT2D eigenvalue weighted by Crippen LogP contribution is -2.43. The summed E-state index contributed by atoms with van der Waals surface area (Å²) in [5.41, 5.74) is 5.18. The van der Waals surface area contributed by atoms with Crippen molar-refractivity contribution in [1.29, 1.82) is 0 Å². The average Bonchev–Trinajstić information content (AvgIpc) is 2.48. The molecular weight excluding hydrogens is 270 g/mol. The third-order valence-electron chi connectivity index (χ3n) is 4.44. The molecule has 0 aromatic heterocycles. The van der Waals surface area contributed by atoms with Gasteiger partial charge in [-0.1, -0.05) is 0 Å². The highest BCUT2D eigenvalue weighted by molar-refractivity contribution is 5.79. The number of nitrogens with zero attached hydrogens (tertiary/aromatic N) is 1. The monoisotopic (exact) mass is 297 g/mol. The molecular formula is C15H27N3O3. The number of rotatable bonds is 6. The molecule has 0 aliphatic carbocycles. The van der Waals surface area contributed by atoms with Gasteiger partial charge in [0.15, 0.2) is 0 Å². The first-order chi connectivity index (χ1) is 10.1. The molecule has 120 valence electrons. The topological polar surface area (TPSA) is 84.7 Å². The number of carbonyl (C=O) groups is 2. The molecule has 0 aromatic carbocycles. The van der Waals surface area contributed by atoms with E-state index in [2.05, 4.69) is 5.32 Å². The molecule has 0 unspecified atom stereocenters. The second-order valence-corrected chi connectivity index (χ2v) is 6.18. The summed E-state index contributed by atoms with van der Waals surface area (Å²) in [5, 5.41) is 3.05. The van der Waals surface area contributed by atoms with E-state index in [1.807, 2.05) is 4.90 Å². The van der Waals surface area contributed by atoms with Gasteiger partial charge in [0.2, 0.25) is 11.8 Å². The number of amides is 2. The molecule has 6 heteroatoms. The Labute approximate surface area is 126 Å². The zero-order chi connectivity index (χ0) is 15.1. The maximum absolute atomic E-state index is 12.1. The van der Waals surface area contributed by atoms with E-state index in [-0.39, 0.29) is 17.7 Å². The highest BCUT2D eigenvalue weighted by Gasteiger charge is 2.25. The molecule has 6 nitrogen and oxygen atoms in total. The Kier molecular flexibility index (Phi) is 6.45. The van der Waals surface area contributed by atoms with Crippen molar-refractivity contribution in [2.45, 2.75) is 32.1 Å². The molecule has 2 fully saturated rings. The van der Waals surface area contributed by atoms with Gasteiger partial charge in [0.25, 0.3) is 0 Å². The second kappa shape index (κ2) is 8.34. The van der Waals surface area contributed by atoms with Gasteiger partial charge < -0.3 is 15.8 Å². The van der Waals surface area contributed by atoms with E-state index in [4.69, 9.17) is 10.5 Å². The number of piperidine rings is 1. The summed E-state index contributed by atoms with van der Waals surface area (Å²) in [6.45, 7) is 4.31. The van der Waals surface area contributed by atoms with Gasteiger partial charge in [-0.25, -0.2) is 0 Å². The fraction of sp³-hybridized carbons (Fsp3) is 0.867. The van der Waals surface area contributed by atoms with Crippen molar-refractivity contribution in [2.24, 2.45) is 17.6 Å². The Bertz CT molecular complexity index is 348. The molecule has 0 aromatic rings. The predicted molar refractivity (Wildman–Crippen MR) is 79.5 cm³/mol. The van der Waals surface area contributed by atoms with E-state index < -0.39 is 0 Å². The maximum Gasteiger partial charge on any atom is 0.231 e. The predicted octanol–water partition coefficient (Wildman–Crippen LogP) is 0.117. The Balaban J connectivity index is 1.59. The zero-order valence-corrected chi connectivity index (χ0v) is 12.7. The summed E-state index contributed by atoms with van der Waals surface area (Å²) in [6.07, 6.45) is 4.97. The van der Waals surface area contributed by atoms with Crippen molar-refractivity contribution in [3.05, 3.63) is 0 Å². The number of nitrogens with two attached hydrogens (primary N) is 1. The minimum atomic E-state index is -0.299. The van der Waals surface area contributed by atoms with Crippen molar-refractivity contribution in [1.82, 2.24) is 10.2 Å². The van der Waals surface area contributed by atoms with E-state index in [1.54, 1.807) is 0 Å². The fourth-order valence-corrected chi connectivity index (χ4v) is 3.15. The molecule has 1 atom stereocenters. The quantitative estimate of drug-likeness (QED) is 0.729. The summed E-state index contributed by atoms with van der Waals surface area (Å²) in [4.78, 5) is 25.0. The van der Waals surface area contributed by atoms with Crippen molar-refractivity contribution in [2.75, 3.05) is 39.4 Å². The molecule has 0 radical (unpaired) electrons. The second-order valence-electron chi connectivity index (χ2n) is 6.18. The molecule has 0 saturated carbocycles. The van der Waals surface area contributed by atoms with Crippen LogP contribution in [0.1, 0.15) is 32.1 Å². The van der Waals surface area contributed by atoms with Crippen LogP contribution in [0.15, 0.2) is 0 Å². The van der Waals surface area contributed by atoms with E-state index >= 15 is 0 Å². The molecule has 2 saturated heterocycles. The van der Waals surface area contributed by atoms with E-state index in [9.17, 15) is 9.59 Å². The highest BCUT2D eigenvalue weighted by atomic mass is 16.5. The third-order valence-corrected chi connectivity index (χ3v) is 4.44. The number of hydrogen-bond acceptors (Lipinski definition) is 4. The van der Waals surface area contributed by atoms with Crippen LogP contribution >= 0.6 is 0 Å². The van der Waals surface area contributed by atoms with Crippen LogP contribution in [0.5, 0.6) is 0 Å². The van der Waals surface area contributed by atoms with E-state index in [0.717, 1.165) is 58.5 Å². The van der Waals surface area contributed by atoms with Gasteiger partial charge in [0.1, 0.15) is 0 Å².